The molecule has 1 saturated carbocycles. The molecule has 0 aliphatic heterocycles. The summed E-state index contributed by atoms with van der Waals surface area (Å²) in [7, 11) is 0. The van der Waals surface area contributed by atoms with Crippen molar-refractivity contribution in [2.24, 2.45) is 11.8 Å². The highest BCUT2D eigenvalue weighted by molar-refractivity contribution is 5.84. The van der Waals surface area contributed by atoms with Crippen LogP contribution in [0.2, 0.25) is 0 Å². The molecule has 1 aliphatic carbocycles. The third-order valence-electron chi connectivity index (χ3n) is 4.67. The van der Waals surface area contributed by atoms with Gasteiger partial charge in [0.05, 0.1) is 12.2 Å². The van der Waals surface area contributed by atoms with E-state index in [-0.39, 0.29) is 24.0 Å². The highest BCUT2D eigenvalue weighted by Gasteiger charge is 2.39. The third-order valence-corrected chi connectivity index (χ3v) is 4.67. The maximum absolute atomic E-state index is 12.1. The Morgan fingerprint density at radius 2 is 1.91 bits per heavy atom. The van der Waals surface area contributed by atoms with Crippen LogP contribution in [0.4, 0.5) is 0 Å². The number of carbonyl (C=O) groups is 1. The van der Waals surface area contributed by atoms with E-state index in [9.17, 15) is 15.0 Å². The van der Waals surface area contributed by atoms with Crippen molar-refractivity contribution in [1.29, 1.82) is 0 Å². The predicted molar refractivity (Wildman–Crippen MR) is 95.2 cm³/mol. The summed E-state index contributed by atoms with van der Waals surface area (Å²) < 4.78 is 0. The van der Waals surface area contributed by atoms with Crippen molar-refractivity contribution >= 4 is 5.78 Å². The SMILES string of the molecule is CCCC/C=C\C[C@@H]1C(=O)CC(O)[C@@H]1/C=C/C(O)CCCCC. The average molecular weight is 322 g/mol. The Hall–Kier alpha value is -0.930. The van der Waals surface area contributed by atoms with Gasteiger partial charge in [-0.2, -0.15) is 0 Å². The lowest BCUT2D eigenvalue weighted by Crippen LogP contribution is -2.18. The summed E-state index contributed by atoms with van der Waals surface area (Å²) in [6, 6.07) is 0. The Balaban J connectivity index is 2.51. The van der Waals surface area contributed by atoms with Gasteiger partial charge in [-0.15, -0.1) is 0 Å². The summed E-state index contributed by atoms with van der Waals surface area (Å²) in [5, 5.41) is 20.1. The standard InChI is InChI=1S/C20H34O3/c1-3-5-7-8-10-12-17-18(20(23)15-19(17)22)14-13-16(21)11-9-6-4-2/h8,10,13-14,16-18,20-21,23H,3-7,9,11-12,15H2,1-2H3/b10-8-,14-13+/t16?,17-,18+,20?/m0/s1. The summed E-state index contributed by atoms with van der Waals surface area (Å²) in [4.78, 5) is 12.1. The minimum absolute atomic E-state index is 0.137. The van der Waals surface area contributed by atoms with Crippen molar-refractivity contribution in [2.45, 2.75) is 83.8 Å². The van der Waals surface area contributed by atoms with Crippen LogP contribution in [0.5, 0.6) is 0 Å². The predicted octanol–water partition coefficient (Wildman–Crippen LogP) is 4.19. The minimum Gasteiger partial charge on any atom is -0.392 e. The van der Waals surface area contributed by atoms with Crippen LogP contribution in [0.25, 0.3) is 0 Å². The van der Waals surface area contributed by atoms with E-state index < -0.39 is 12.2 Å². The van der Waals surface area contributed by atoms with E-state index in [0.29, 0.717) is 6.42 Å². The van der Waals surface area contributed by atoms with Crippen LogP contribution in [0.15, 0.2) is 24.3 Å². The van der Waals surface area contributed by atoms with Gasteiger partial charge in [-0.1, -0.05) is 70.3 Å². The second-order valence-electron chi connectivity index (χ2n) is 6.72. The van der Waals surface area contributed by atoms with E-state index in [1.165, 1.54) is 12.8 Å². The van der Waals surface area contributed by atoms with Crippen molar-refractivity contribution in [1.82, 2.24) is 0 Å². The Morgan fingerprint density at radius 1 is 1.17 bits per heavy atom. The van der Waals surface area contributed by atoms with Crippen molar-refractivity contribution in [3.63, 3.8) is 0 Å². The molecule has 0 bridgehead atoms. The Bertz CT molecular complexity index is 386. The number of aliphatic hydroxyl groups excluding tert-OH is 2. The van der Waals surface area contributed by atoms with E-state index in [4.69, 9.17) is 0 Å². The summed E-state index contributed by atoms with van der Waals surface area (Å²) >= 11 is 0. The smallest absolute Gasteiger partial charge is 0.139 e. The van der Waals surface area contributed by atoms with Gasteiger partial charge in [0.1, 0.15) is 5.78 Å². The van der Waals surface area contributed by atoms with Gasteiger partial charge < -0.3 is 10.2 Å². The van der Waals surface area contributed by atoms with Crippen LogP contribution in [0.3, 0.4) is 0 Å². The first-order chi connectivity index (χ1) is 11.1. The molecule has 2 unspecified atom stereocenters. The lowest BCUT2D eigenvalue weighted by atomic mass is 9.90. The van der Waals surface area contributed by atoms with Crippen LogP contribution < -0.4 is 0 Å². The van der Waals surface area contributed by atoms with Gasteiger partial charge in [-0.3, -0.25) is 4.79 Å². The molecule has 0 spiro atoms. The second kappa shape index (κ2) is 11.6. The lowest BCUT2D eigenvalue weighted by molar-refractivity contribution is -0.121. The van der Waals surface area contributed by atoms with Gasteiger partial charge in [0.15, 0.2) is 0 Å². The fourth-order valence-electron chi connectivity index (χ4n) is 3.17. The van der Waals surface area contributed by atoms with Gasteiger partial charge in [-0.05, 0) is 19.3 Å². The molecule has 132 valence electrons. The van der Waals surface area contributed by atoms with E-state index >= 15 is 0 Å². The number of aliphatic hydroxyl groups is 2. The molecule has 0 aromatic heterocycles. The average Bonchev–Trinajstić information content (AvgIpc) is 2.79. The first-order valence-electron chi connectivity index (χ1n) is 9.32. The molecule has 0 saturated heterocycles. The molecule has 0 aromatic carbocycles. The monoisotopic (exact) mass is 322 g/mol. The molecule has 4 atom stereocenters. The first kappa shape index (κ1) is 20.1. The number of allylic oxidation sites excluding steroid dienone is 2. The molecule has 1 aliphatic rings. The van der Waals surface area contributed by atoms with Crippen molar-refractivity contribution in [2.75, 3.05) is 0 Å². The molecule has 0 amide bonds. The first-order valence-corrected chi connectivity index (χ1v) is 9.32. The molecular weight excluding hydrogens is 288 g/mol. The van der Waals surface area contributed by atoms with Crippen LogP contribution in [0.1, 0.15) is 71.6 Å². The van der Waals surface area contributed by atoms with Crippen LogP contribution in [0, 0.1) is 11.8 Å². The Kier molecular flexibility index (Phi) is 10.1. The zero-order valence-electron chi connectivity index (χ0n) is 14.8. The normalized spacial score (nSPS) is 26.6. The zero-order valence-corrected chi connectivity index (χ0v) is 14.8. The van der Waals surface area contributed by atoms with Crippen LogP contribution in [-0.4, -0.2) is 28.2 Å². The molecule has 2 N–H and O–H groups in total. The summed E-state index contributed by atoms with van der Waals surface area (Å²) in [6.07, 6.45) is 15.2. The van der Waals surface area contributed by atoms with E-state index in [1.807, 2.05) is 6.08 Å². The zero-order chi connectivity index (χ0) is 17.1. The highest BCUT2D eigenvalue weighted by atomic mass is 16.3. The topological polar surface area (TPSA) is 57.5 Å². The summed E-state index contributed by atoms with van der Waals surface area (Å²) in [5.74, 6) is -0.145. The molecule has 1 rings (SSSR count). The number of unbranched alkanes of at least 4 members (excludes halogenated alkanes) is 4. The number of hydrogen-bond acceptors (Lipinski definition) is 3. The highest BCUT2D eigenvalue weighted by Crippen LogP contribution is 2.33. The van der Waals surface area contributed by atoms with Crippen molar-refractivity contribution < 1.29 is 15.0 Å². The Labute approximate surface area is 141 Å². The molecule has 0 heterocycles. The molecular formula is C20H34O3. The van der Waals surface area contributed by atoms with Crippen molar-refractivity contribution in [3.05, 3.63) is 24.3 Å². The number of rotatable bonds is 11. The fraction of sp³-hybridized carbons (Fsp3) is 0.750. The van der Waals surface area contributed by atoms with E-state index in [2.05, 4.69) is 26.0 Å². The van der Waals surface area contributed by atoms with Gasteiger partial charge in [0.2, 0.25) is 0 Å². The molecule has 1 fully saturated rings. The molecule has 0 radical (unpaired) electrons. The Morgan fingerprint density at radius 3 is 2.61 bits per heavy atom. The molecule has 0 aromatic rings. The summed E-state index contributed by atoms with van der Waals surface area (Å²) in [6.45, 7) is 4.30. The molecule has 3 nitrogen and oxygen atoms in total. The number of ketones is 1. The maximum Gasteiger partial charge on any atom is 0.139 e. The summed E-state index contributed by atoms with van der Waals surface area (Å²) in [5.41, 5.74) is 0. The van der Waals surface area contributed by atoms with E-state index in [1.54, 1.807) is 6.08 Å². The quantitative estimate of drug-likeness (QED) is 0.443. The van der Waals surface area contributed by atoms with Gasteiger partial charge >= 0.3 is 0 Å². The van der Waals surface area contributed by atoms with E-state index in [0.717, 1.165) is 32.1 Å². The lowest BCUT2D eigenvalue weighted by Gasteiger charge is -2.16. The van der Waals surface area contributed by atoms with Crippen LogP contribution in [-0.2, 0) is 4.79 Å². The molecule has 23 heavy (non-hydrogen) atoms. The maximum atomic E-state index is 12.1. The number of carbonyl (C=O) groups excluding carboxylic acids is 1. The fourth-order valence-corrected chi connectivity index (χ4v) is 3.17. The second-order valence-corrected chi connectivity index (χ2v) is 6.72. The molecule has 3 heteroatoms. The van der Waals surface area contributed by atoms with Gasteiger partial charge in [-0.25, -0.2) is 0 Å². The van der Waals surface area contributed by atoms with Gasteiger partial charge in [0.25, 0.3) is 0 Å². The number of Topliss-reactive ketones (excluding diaryl/α,β-unsaturated/α-hetero) is 1. The number of hydrogen-bond donors (Lipinski definition) is 2. The largest absolute Gasteiger partial charge is 0.392 e. The third kappa shape index (κ3) is 7.45. The van der Waals surface area contributed by atoms with Gasteiger partial charge in [0, 0.05) is 18.3 Å². The minimum atomic E-state index is -0.601. The van der Waals surface area contributed by atoms with Crippen LogP contribution >= 0.6 is 0 Å². The van der Waals surface area contributed by atoms with Crippen molar-refractivity contribution in [3.8, 4) is 0 Å².